The topological polar surface area (TPSA) is 66.5 Å². The number of fused-ring (bicyclic) bond motifs is 1. The van der Waals surface area contributed by atoms with Gasteiger partial charge in [-0.3, -0.25) is 9.10 Å². The molecule has 0 radical (unpaired) electrons. The largest absolute Gasteiger partial charge is 0.416 e. The van der Waals surface area contributed by atoms with Gasteiger partial charge in [-0.05, 0) is 60.2 Å². The molecule has 31 heavy (non-hydrogen) atoms. The molecule has 0 spiro atoms. The molecule has 1 aromatic heterocycles. The van der Waals surface area contributed by atoms with Crippen molar-refractivity contribution in [1.29, 1.82) is 0 Å². The van der Waals surface area contributed by atoms with E-state index >= 15 is 0 Å². The zero-order chi connectivity index (χ0) is 22.2. The molecule has 3 aromatic rings. The Bertz CT molecular complexity index is 1220. The molecule has 2 aromatic carbocycles. The number of rotatable bonds is 4. The van der Waals surface area contributed by atoms with Crippen LogP contribution in [0.3, 0.4) is 0 Å². The molecule has 5 nitrogen and oxygen atoms in total. The Kier molecular flexibility index (Phi) is 5.52. The van der Waals surface area contributed by atoms with E-state index in [1.807, 2.05) is 0 Å². The molecule has 0 bridgehead atoms. The Labute approximate surface area is 181 Å². The molecule has 1 aliphatic rings. The van der Waals surface area contributed by atoms with Crippen LogP contribution in [0.4, 0.5) is 24.5 Å². The van der Waals surface area contributed by atoms with Gasteiger partial charge in [0.15, 0.2) is 0 Å². The first-order chi connectivity index (χ1) is 14.7. The number of nitrogens with zero attached hydrogens (tertiary/aromatic N) is 1. The van der Waals surface area contributed by atoms with Crippen molar-refractivity contribution in [3.63, 3.8) is 0 Å². The van der Waals surface area contributed by atoms with Crippen molar-refractivity contribution in [2.45, 2.75) is 23.2 Å². The third-order valence-electron chi connectivity index (χ3n) is 4.91. The molecule has 0 saturated heterocycles. The predicted octanol–water partition coefficient (Wildman–Crippen LogP) is 5.16. The number of hydrogen-bond acceptors (Lipinski definition) is 4. The second-order valence-corrected chi connectivity index (χ2v) is 10.0. The molecular weight excluding hydrogens is 449 g/mol. The summed E-state index contributed by atoms with van der Waals surface area (Å²) in [6.07, 6.45) is -3.21. The Morgan fingerprint density at radius 3 is 2.58 bits per heavy atom. The van der Waals surface area contributed by atoms with Crippen LogP contribution >= 0.6 is 11.3 Å². The van der Waals surface area contributed by atoms with E-state index in [1.165, 1.54) is 22.5 Å². The monoisotopic (exact) mass is 466 g/mol. The maximum absolute atomic E-state index is 13.0. The van der Waals surface area contributed by atoms with Crippen LogP contribution < -0.4 is 9.62 Å². The van der Waals surface area contributed by atoms with E-state index in [-0.39, 0.29) is 9.77 Å². The molecule has 0 unspecified atom stereocenters. The minimum Gasteiger partial charge on any atom is -0.322 e. The summed E-state index contributed by atoms with van der Waals surface area (Å²) in [5.41, 5.74) is 0.522. The van der Waals surface area contributed by atoms with Gasteiger partial charge in [0.05, 0.1) is 11.3 Å². The molecule has 4 rings (SSSR count). The second kappa shape index (κ2) is 8.01. The fraction of sp³-hybridized carbons (Fsp3) is 0.190. The Morgan fingerprint density at radius 1 is 1.06 bits per heavy atom. The van der Waals surface area contributed by atoms with Crippen molar-refractivity contribution in [3.8, 4) is 0 Å². The van der Waals surface area contributed by atoms with Gasteiger partial charge in [0.25, 0.3) is 15.9 Å². The number of carbonyl (C=O) groups excluding carboxylic acids is 1. The van der Waals surface area contributed by atoms with Crippen LogP contribution in [-0.2, 0) is 22.6 Å². The smallest absolute Gasteiger partial charge is 0.322 e. The molecule has 1 N–H and O–H groups in total. The minimum absolute atomic E-state index is 0.143. The van der Waals surface area contributed by atoms with Crippen LogP contribution in [0, 0.1) is 0 Å². The number of halogens is 3. The van der Waals surface area contributed by atoms with E-state index in [4.69, 9.17) is 0 Å². The van der Waals surface area contributed by atoms with Gasteiger partial charge in [0, 0.05) is 17.8 Å². The highest BCUT2D eigenvalue weighted by molar-refractivity contribution is 7.94. The third-order valence-corrected chi connectivity index (χ3v) is 8.10. The van der Waals surface area contributed by atoms with E-state index in [2.05, 4.69) is 5.32 Å². The highest BCUT2D eigenvalue weighted by Gasteiger charge is 2.32. The number of benzene rings is 2. The fourth-order valence-electron chi connectivity index (χ4n) is 3.43. The maximum Gasteiger partial charge on any atom is 0.416 e. The number of thiophene rings is 1. The SMILES string of the molecule is O=C(Nc1ccc2c(c1)N(S(=O)(=O)c1cccs1)CCC2)c1cccc(C(F)(F)F)c1. The summed E-state index contributed by atoms with van der Waals surface area (Å²) in [5.74, 6) is -0.713. The standard InChI is InChI=1S/C21H17F3N2O3S2/c22-21(23,24)16-6-1-4-15(12-16)20(27)25-17-9-8-14-5-2-10-26(18(14)13-17)31(28,29)19-7-3-11-30-19/h1,3-4,6-9,11-13H,2,5,10H2,(H,25,27). The minimum atomic E-state index is -4.56. The zero-order valence-corrected chi connectivity index (χ0v) is 17.7. The molecule has 0 saturated carbocycles. The van der Waals surface area contributed by atoms with E-state index < -0.39 is 27.7 Å². The van der Waals surface area contributed by atoms with Crippen LogP contribution in [0.15, 0.2) is 64.2 Å². The maximum atomic E-state index is 13.0. The van der Waals surface area contributed by atoms with Gasteiger partial charge < -0.3 is 5.32 Å². The average Bonchev–Trinajstić information content (AvgIpc) is 3.28. The summed E-state index contributed by atoms with van der Waals surface area (Å²) in [4.78, 5) is 12.5. The van der Waals surface area contributed by atoms with Crippen molar-refractivity contribution in [2.75, 3.05) is 16.2 Å². The summed E-state index contributed by atoms with van der Waals surface area (Å²) in [5, 5.41) is 4.25. The van der Waals surface area contributed by atoms with Crippen LogP contribution in [0.2, 0.25) is 0 Å². The van der Waals surface area contributed by atoms with E-state index in [1.54, 1.807) is 29.6 Å². The van der Waals surface area contributed by atoms with Crippen molar-refractivity contribution in [2.24, 2.45) is 0 Å². The number of sulfonamides is 1. The highest BCUT2D eigenvalue weighted by atomic mass is 32.2. The number of alkyl halides is 3. The molecular formula is C21H17F3N2O3S2. The van der Waals surface area contributed by atoms with Crippen LogP contribution in [0.1, 0.15) is 27.9 Å². The van der Waals surface area contributed by atoms with Gasteiger partial charge >= 0.3 is 6.18 Å². The molecule has 1 amide bonds. The molecule has 162 valence electrons. The molecule has 1 aliphatic heterocycles. The first-order valence-corrected chi connectivity index (χ1v) is 11.7. The van der Waals surface area contributed by atoms with Crippen molar-refractivity contribution in [3.05, 3.63) is 76.7 Å². The lowest BCUT2D eigenvalue weighted by molar-refractivity contribution is -0.137. The number of aryl methyl sites for hydroxylation is 1. The van der Waals surface area contributed by atoms with E-state index in [0.717, 1.165) is 29.0 Å². The number of amides is 1. The van der Waals surface area contributed by atoms with Crippen molar-refractivity contribution >= 4 is 38.6 Å². The van der Waals surface area contributed by atoms with Crippen LogP contribution in [0.25, 0.3) is 0 Å². The van der Waals surface area contributed by atoms with Gasteiger partial charge in [0.2, 0.25) is 0 Å². The highest BCUT2D eigenvalue weighted by Crippen LogP contribution is 2.35. The first-order valence-electron chi connectivity index (χ1n) is 9.34. The van der Waals surface area contributed by atoms with Gasteiger partial charge in [-0.2, -0.15) is 13.2 Å². The summed E-state index contributed by atoms with van der Waals surface area (Å²) < 4.78 is 66.4. The third kappa shape index (κ3) is 4.31. The summed E-state index contributed by atoms with van der Waals surface area (Å²) in [7, 11) is -3.74. The normalized spacial score (nSPS) is 14.2. The first kappa shape index (κ1) is 21.4. The van der Waals surface area contributed by atoms with Crippen molar-refractivity contribution < 1.29 is 26.4 Å². The fourth-order valence-corrected chi connectivity index (χ4v) is 6.06. The summed E-state index contributed by atoms with van der Waals surface area (Å²) in [6.45, 7) is 0.304. The summed E-state index contributed by atoms with van der Waals surface area (Å²) in [6, 6.07) is 12.2. The molecule has 0 atom stereocenters. The molecule has 0 aliphatic carbocycles. The number of carbonyl (C=O) groups is 1. The second-order valence-electron chi connectivity index (χ2n) is 6.99. The number of hydrogen-bond donors (Lipinski definition) is 1. The number of nitrogens with one attached hydrogen (secondary N) is 1. The van der Waals surface area contributed by atoms with Gasteiger partial charge in [-0.25, -0.2) is 8.42 Å². The zero-order valence-electron chi connectivity index (χ0n) is 16.0. The lowest BCUT2D eigenvalue weighted by Gasteiger charge is -2.30. The molecule has 10 heteroatoms. The Balaban J connectivity index is 1.63. The predicted molar refractivity (Wildman–Crippen MR) is 113 cm³/mol. The number of anilines is 2. The molecule has 2 heterocycles. The lowest BCUT2D eigenvalue weighted by atomic mass is 10.0. The Hall–Kier alpha value is -2.85. The van der Waals surface area contributed by atoms with E-state index in [9.17, 15) is 26.4 Å². The summed E-state index contributed by atoms with van der Waals surface area (Å²) >= 11 is 1.12. The van der Waals surface area contributed by atoms with Gasteiger partial charge in [-0.1, -0.05) is 18.2 Å². The lowest BCUT2D eigenvalue weighted by Crippen LogP contribution is -2.35. The van der Waals surface area contributed by atoms with Crippen LogP contribution in [0.5, 0.6) is 0 Å². The molecule has 0 fully saturated rings. The average molecular weight is 467 g/mol. The van der Waals surface area contributed by atoms with Gasteiger partial charge in [-0.15, -0.1) is 11.3 Å². The van der Waals surface area contributed by atoms with Crippen molar-refractivity contribution in [1.82, 2.24) is 0 Å². The van der Waals surface area contributed by atoms with Crippen LogP contribution in [-0.4, -0.2) is 20.9 Å². The van der Waals surface area contributed by atoms with Gasteiger partial charge in [0.1, 0.15) is 4.21 Å². The van der Waals surface area contributed by atoms with E-state index in [0.29, 0.717) is 30.8 Å². The quantitative estimate of drug-likeness (QED) is 0.578. The Morgan fingerprint density at radius 2 is 1.87 bits per heavy atom.